The van der Waals surface area contributed by atoms with Crippen LogP contribution in [0.3, 0.4) is 0 Å². The molecule has 0 aromatic rings. The van der Waals surface area contributed by atoms with Crippen LogP contribution in [-0.2, 0) is 9.53 Å². The third kappa shape index (κ3) is 5.45. The minimum Gasteiger partial charge on any atom is -0.391 e. The Labute approximate surface area is 121 Å². The van der Waals surface area contributed by atoms with Crippen LogP contribution in [-0.4, -0.2) is 29.6 Å². The number of rotatable bonds is 7. The van der Waals surface area contributed by atoms with Gasteiger partial charge in [-0.2, -0.15) is 0 Å². The zero-order valence-electron chi connectivity index (χ0n) is 11.9. The fraction of sp³-hybridized carbons (Fsp3) is 0.857. The van der Waals surface area contributed by atoms with Crippen molar-refractivity contribution < 1.29 is 9.53 Å². The Kier molecular flexibility index (Phi) is 7.31. The van der Waals surface area contributed by atoms with Crippen molar-refractivity contribution in [1.29, 1.82) is 0 Å². The Hall–Kier alpha value is -0.680. The molecule has 0 unspecified atom stereocenters. The number of thiocarbonyl (C=S) groups is 1. The SMILES string of the molecule is CCCOCCC(=O)NC1(C(N)=S)CCCCCC1. The minimum atomic E-state index is -0.465. The smallest absolute Gasteiger partial charge is 0.223 e. The predicted molar refractivity (Wildman–Crippen MR) is 81.1 cm³/mol. The number of carbonyl (C=O) groups excluding carboxylic acids is 1. The number of hydrogen-bond donors (Lipinski definition) is 2. The summed E-state index contributed by atoms with van der Waals surface area (Å²) in [5, 5.41) is 3.06. The summed E-state index contributed by atoms with van der Waals surface area (Å²) in [7, 11) is 0. The second kappa shape index (κ2) is 8.48. The van der Waals surface area contributed by atoms with Gasteiger partial charge in [0.15, 0.2) is 0 Å². The molecule has 0 atom stereocenters. The molecule has 1 aliphatic carbocycles. The van der Waals surface area contributed by atoms with E-state index < -0.39 is 5.54 Å². The van der Waals surface area contributed by atoms with E-state index in [-0.39, 0.29) is 5.91 Å². The van der Waals surface area contributed by atoms with Crippen LogP contribution in [0.4, 0.5) is 0 Å². The van der Waals surface area contributed by atoms with Crippen molar-refractivity contribution in [3.8, 4) is 0 Å². The van der Waals surface area contributed by atoms with E-state index in [2.05, 4.69) is 5.32 Å². The molecule has 110 valence electrons. The lowest BCUT2D eigenvalue weighted by Gasteiger charge is -2.33. The van der Waals surface area contributed by atoms with Gasteiger partial charge in [-0.3, -0.25) is 4.79 Å². The average molecular weight is 286 g/mol. The maximum absolute atomic E-state index is 12.0. The van der Waals surface area contributed by atoms with Gasteiger partial charge in [0.25, 0.3) is 0 Å². The summed E-state index contributed by atoms with van der Waals surface area (Å²) in [6.07, 6.45) is 7.62. The van der Waals surface area contributed by atoms with Gasteiger partial charge in [0.1, 0.15) is 0 Å². The molecule has 0 bridgehead atoms. The van der Waals surface area contributed by atoms with Crippen LogP contribution in [0.25, 0.3) is 0 Å². The highest BCUT2D eigenvalue weighted by Gasteiger charge is 2.35. The number of nitrogens with two attached hydrogens (primary N) is 1. The van der Waals surface area contributed by atoms with E-state index in [4.69, 9.17) is 22.7 Å². The normalized spacial score (nSPS) is 18.6. The van der Waals surface area contributed by atoms with Crippen LogP contribution in [0.5, 0.6) is 0 Å². The molecule has 0 heterocycles. The Bertz CT molecular complexity index is 300. The minimum absolute atomic E-state index is 0.00852. The van der Waals surface area contributed by atoms with Crippen LogP contribution in [0, 0.1) is 0 Å². The van der Waals surface area contributed by atoms with Crippen LogP contribution in [0.1, 0.15) is 58.3 Å². The average Bonchev–Trinajstić information content (AvgIpc) is 2.61. The van der Waals surface area contributed by atoms with Crippen molar-refractivity contribution in [2.75, 3.05) is 13.2 Å². The standard InChI is InChI=1S/C14H26N2O2S/c1-2-10-18-11-7-12(17)16-14(13(15)19)8-5-3-4-6-9-14/h2-11H2,1H3,(H2,15,19)(H,16,17). The maximum atomic E-state index is 12.0. The summed E-state index contributed by atoms with van der Waals surface area (Å²) in [5.41, 5.74) is 5.42. The van der Waals surface area contributed by atoms with Crippen molar-refractivity contribution in [2.45, 2.75) is 63.8 Å². The topological polar surface area (TPSA) is 64.3 Å². The molecule has 5 heteroatoms. The number of hydrogen-bond acceptors (Lipinski definition) is 3. The molecule has 4 nitrogen and oxygen atoms in total. The quantitative estimate of drug-likeness (QED) is 0.428. The summed E-state index contributed by atoms with van der Waals surface area (Å²) in [6, 6.07) is 0. The molecule has 3 N–H and O–H groups in total. The molecule has 1 saturated carbocycles. The summed E-state index contributed by atoms with van der Waals surface area (Å²) < 4.78 is 5.34. The van der Waals surface area contributed by atoms with Gasteiger partial charge in [0.05, 0.1) is 17.1 Å². The Balaban J connectivity index is 2.48. The summed E-state index contributed by atoms with van der Waals surface area (Å²) >= 11 is 5.19. The van der Waals surface area contributed by atoms with Crippen molar-refractivity contribution >= 4 is 23.1 Å². The first kappa shape index (κ1) is 16.4. The Morgan fingerprint density at radius 1 is 1.26 bits per heavy atom. The molecule has 1 rings (SSSR count). The van der Waals surface area contributed by atoms with Gasteiger partial charge in [-0.15, -0.1) is 0 Å². The van der Waals surface area contributed by atoms with Gasteiger partial charge in [-0.05, 0) is 19.3 Å². The van der Waals surface area contributed by atoms with Gasteiger partial charge in [-0.1, -0.05) is 44.8 Å². The Morgan fingerprint density at radius 3 is 2.42 bits per heavy atom. The molecule has 19 heavy (non-hydrogen) atoms. The van der Waals surface area contributed by atoms with Crippen molar-refractivity contribution in [3.05, 3.63) is 0 Å². The lowest BCUT2D eigenvalue weighted by molar-refractivity contribution is -0.123. The molecule has 0 radical (unpaired) electrons. The lowest BCUT2D eigenvalue weighted by Crippen LogP contribution is -2.56. The van der Waals surface area contributed by atoms with E-state index in [9.17, 15) is 4.79 Å². The van der Waals surface area contributed by atoms with Crippen molar-refractivity contribution in [2.24, 2.45) is 5.73 Å². The second-order valence-corrected chi connectivity index (χ2v) is 5.71. The third-order valence-corrected chi connectivity index (χ3v) is 4.02. The molecule has 0 aliphatic heterocycles. The first-order valence-electron chi connectivity index (χ1n) is 7.29. The molecule has 1 fully saturated rings. The van der Waals surface area contributed by atoms with Crippen LogP contribution in [0.2, 0.25) is 0 Å². The number of amides is 1. The molecule has 0 saturated heterocycles. The molecule has 0 aromatic carbocycles. The van der Waals surface area contributed by atoms with E-state index in [1.165, 1.54) is 12.8 Å². The molecular weight excluding hydrogens is 260 g/mol. The zero-order chi connectivity index (χ0) is 14.1. The van der Waals surface area contributed by atoms with Crippen molar-refractivity contribution in [1.82, 2.24) is 5.32 Å². The molecule has 0 spiro atoms. The van der Waals surface area contributed by atoms with Crippen LogP contribution < -0.4 is 11.1 Å². The predicted octanol–water partition coefficient (Wildman–Crippen LogP) is 2.30. The third-order valence-electron chi connectivity index (χ3n) is 3.63. The van der Waals surface area contributed by atoms with Gasteiger partial charge in [0, 0.05) is 13.0 Å². The molecule has 0 aromatic heterocycles. The van der Waals surface area contributed by atoms with E-state index in [1.54, 1.807) is 0 Å². The summed E-state index contributed by atoms with van der Waals surface area (Å²) in [4.78, 5) is 12.4. The summed E-state index contributed by atoms with van der Waals surface area (Å²) in [5.74, 6) is -0.00852. The fourth-order valence-corrected chi connectivity index (χ4v) is 2.76. The highest BCUT2D eigenvalue weighted by Crippen LogP contribution is 2.27. The van der Waals surface area contributed by atoms with E-state index >= 15 is 0 Å². The summed E-state index contributed by atoms with van der Waals surface area (Å²) in [6.45, 7) is 3.22. The van der Waals surface area contributed by atoms with Crippen LogP contribution in [0.15, 0.2) is 0 Å². The maximum Gasteiger partial charge on any atom is 0.223 e. The van der Waals surface area contributed by atoms with E-state index in [0.717, 1.165) is 32.1 Å². The number of nitrogens with one attached hydrogen (secondary N) is 1. The first-order valence-corrected chi connectivity index (χ1v) is 7.70. The van der Waals surface area contributed by atoms with Gasteiger partial charge in [0.2, 0.25) is 5.91 Å². The van der Waals surface area contributed by atoms with Gasteiger partial charge < -0.3 is 15.8 Å². The first-order chi connectivity index (χ1) is 9.10. The van der Waals surface area contributed by atoms with E-state index in [1.807, 2.05) is 6.92 Å². The lowest BCUT2D eigenvalue weighted by atomic mass is 9.90. The molecule has 1 amide bonds. The monoisotopic (exact) mass is 286 g/mol. The number of ether oxygens (including phenoxy) is 1. The van der Waals surface area contributed by atoms with Crippen molar-refractivity contribution in [3.63, 3.8) is 0 Å². The highest BCUT2D eigenvalue weighted by atomic mass is 32.1. The van der Waals surface area contributed by atoms with Gasteiger partial charge >= 0.3 is 0 Å². The number of carbonyl (C=O) groups is 1. The molecular formula is C14H26N2O2S. The van der Waals surface area contributed by atoms with E-state index in [0.29, 0.717) is 24.6 Å². The largest absolute Gasteiger partial charge is 0.391 e. The molecule has 1 aliphatic rings. The van der Waals surface area contributed by atoms with Gasteiger partial charge in [-0.25, -0.2) is 0 Å². The highest BCUT2D eigenvalue weighted by molar-refractivity contribution is 7.80. The Morgan fingerprint density at radius 2 is 1.89 bits per heavy atom. The second-order valence-electron chi connectivity index (χ2n) is 5.27. The fourth-order valence-electron chi connectivity index (χ4n) is 2.51. The van der Waals surface area contributed by atoms with Crippen LogP contribution >= 0.6 is 12.2 Å². The zero-order valence-corrected chi connectivity index (χ0v) is 12.7.